The predicted molar refractivity (Wildman–Crippen MR) is 140 cm³/mol. The maximum atomic E-state index is 12.9. The van der Waals surface area contributed by atoms with Crippen LogP contribution in [0.25, 0.3) is 11.0 Å². The fourth-order valence-electron chi connectivity index (χ4n) is 4.66. The zero-order valence-corrected chi connectivity index (χ0v) is 20.9. The van der Waals surface area contributed by atoms with E-state index in [1.54, 1.807) is 0 Å². The molecule has 0 aliphatic carbocycles. The molecule has 3 aromatic carbocycles. The molecule has 6 heteroatoms. The Morgan fingerprint density at radius 1 is 1.03 bits per heavy atom. The van der Waals surface area contributed by atoms with Crippen LogP contribution in [-0.2, 0) is 17.8 Å². The van der Waals surface area contributed by atoms with Crippen molar-refractivity contribution in [2.24, 2.45) is 0 Å². The number of carbonyl (C=O) groups excluding carboxylic acids is 1. The first-order valence-electron chi connectivity index (χ1n) is 11.9. The standard InChI is InChI=1S/C28H28BrN3O2/c1-2-20-12-14-22(15-13-20)34-17-7-16-31-26-11-6-4-9-24(26)30-28(31)21-18-27(33)32(19-21)25-10-5-3-8-23(25)29/h3-6,8-15,21H,2,7,16-19H2,1H3. The maximum absolute atomic E-state index is 12.9. The second-order valence-corrected chi connectivity index (χ2v) is 9.52. The Bertz CT molecular complexity index is 1300. The zero-order valence-electron chi connectivity index (χ0n) is 19.3. The van der Waals surface area contributed by atoms with Gasteiger partial charge in [-0.05, 0) is 70.7 Å². The molecule has 5 rings (SSSR count). The van der Waals surface area contributed by atoms with Gasteiger partial charge in [-0.3, -0.25) is 4.79 Å². The number of benzene rings is 3. The van der Waals surface area contributed by atoms with Gasteiger partial charge in [-0.25, -0.2) is 4.98 Å². The molecule has 1 aliphatic rings. The number of halogens is 1. The van der Waals surface area contributed by atoms with Crippen molar-refractivity contribution < 1.29 is 9.53 Å². The summed E-state index contributed by atoms with van der Waals surface area (Å²) < 4.78 is 9.20. The first kappa shape index (κ1) is 22.7. The van der Waals surface area contributed by atoms with E-state index in [0.717, 1.165) is 52.2 Å². The molecule has 0 N–H and O–H groups in total. The minimum atomic E-state index is 0.0505. The van der Waals surface area contributed by atoms with E-state index < -0.39 is 0 Å². The normalized spacial score (nSPS) is 15.9. The molecule has 2 heterocycles. The maximum Gasteiger partial charge on any atom is 0.227 e. The van der Waals surface area contributed by atoms with Gasteiger partial charge in [-0.2, -0.15) is 0 Å². The highest BCUT2D eigenvalue weighted by Gasteiger charge is 2.35. The van der Waals surface area contributed by atoms with E-state index in [-0.39, 0.29) is 11.8 Å². The van der Waals surface area contributed by atoms with Gasteiger partial charge >= 0.3 is 0 Å². The minimum absolute atomic E-state index is 0.0505. The second kappa shape index (κ2) is 10.0. The summed E-state index contributed by atoms with van der Waals surface area (Å²) in [5, 5.41) is 0. The number of para-hydroxylation sites is 3. The topological polar surface area (TPSA) is 47.4 Å². The lowest BCUT2D eigenvalue weighted by atomic mass is 10.1. The van der Waals surface area contributed by atoms with E-state index in [2.05, 4.69) is 45.6 Å². The zero-order chi connectivity index (χ0) is 23.5. The Balaban J connectivity index is 1.33. The minimum Gasteiger partial charge on any atom is -0.494 e. The van der Waals surface area contributed by atoms with Gasteiger partial charge in [0.1, 0.15) is 11.6 Å². The predicted octanol–water partition coefficient (Wildman–Crippen LogP) is 6.35. The van der Waals surface area contributed by atoms with Crippen molar-refractivity contribution in [3.63, 3.8) is 0 Å². The molecule has 0 saturated carbocycles. The molecule has 1 saturated heterocycles. The van der Waals surface area contributed by atoms with Crippen LogP contribution in [0.1, 0.15) is 37.1 Å². The van der Waals surface area contributed by atoms with Crippen molar-refractivity contribution in [1.29, 1.82) is 0 Å². The number of hydrogen-bond acceptors (Lipinski definition) is 3. The fraction of sp³-hybridized carbons (Fsp3) is 0.286. The van der Waals surface area contributed by atoms with E-state index in [0.29, 0.717) is 19.6 Å². The van der Waals surface area contributed by atoms with E-state index in [1.807, 2.05) is 59.5 Å². The molecule has 174 valence electrons. The van der Waals surface area contributed by atoms with Gasteiger partial charge in [0.15, 0.2) is 0 Å². The number of imidazole rings is 1. The number of ether oxygens (including phenoxy) is 1. The summed E-state index contributed by atoms with van der Waals surface area (Å²) >= 11 is 3.59. The Morgan fingerprint density at radius 3 is 2.59 bits per heavy atom. The number of nitrogens with zero attached hydrogens (tertiary/aromatic N) is 3. The fourth-order valence-corrected chi connectivity index (χ4v) is 5.16. The number of carbonyl (C=O) groups is 1. The quantitative estimate of drug-likeness (QED) is 0.256. The highest BCUT2D eigenvalue weighted by molar-refractivity contribution is 9.10. The number of hydrogen-bond donors (Lipinski definition) is 0. The second-order valence-electron chi connectivity index (χ2n) is 8.67. The molecule has 4 aromatic rings. The van der Waals surface area contributed by atoms with Crippen molar-refractivity contribution in [3.05, 3.63) is 88.7 Å². The number of aryl methyl sites for hydroxylation is 2. The monoisotopic (exact) mass is 517 g/mol. The highest BCUT2D eigenvalue weighted by Crippen LogP contribution is 2.36. The molecule has 1 atom stereocenters. The Labute approximate surface area is 208 Å². The van der Waals surface area contributed by atoms with E-state index >= 15 is 0 Å². The molecule has 1 amide bonds. The molecule has 34 heavy (non-hydrogen) atoms. The SMILES string of the molecule is CCc1ccc(OCCCn2c(C3CC(=O)N(c4ccccc4Br)C3)nc3ccccc32)cc1. The summed E-state index contributed by atoms with van der Waals surface area (Å²) in [6, 6.07) is 24.4. The van der Waals surface area contributed by atoms with Gasteiger partial charge < -0.3 is 14.2 Å². The van der Waals surface area contributed by atoms with Gasteiger partial charge in [0.05, 0.1) is 23.3 Å². The van der Waals surface area contributed by atoms with Crippen molar-refractivity contribution in [2.45, 2.75) is 38.6 Å². The van der Waals surface area contributed by atoms with Gasteiger partial charge in [0.2, 0.25) is 5.91 Å². The van der Waals surface area contributed by atoms with E-state index in [1.165, 1.54) is 5.56 Å². The first-order valence-corrected chi connectivity index (χ1v) is 12.6. The Morgan fingerprint density at radius 2 is 1.79 bits per heavy atom. The molecule has 1 unspecified atom stereocenters. The average Bonchev–Trinajstić information content (AvgIpc) is 3.43. The smallest absolute Gasteiger partial charge is 0.227 e. The molecule has 1 fully saturated rings. The molecule has 1 aromatic heterocycles. The largest absolute Gasteiger partial charge is 0.494 e. The number of fused-ring (bicyclic) bond motifs is 1. The third-order valence-electron chi connectivity index (χ3n) is 6.44. The lowest BCUT2D eigenvalue weighted by Crippen LogP contribution is -2.25. The third kappa shape index (κ3) is 4.60. The molecule has 5 nitrogen and oxygen atoms in total. The molecular weight excluding hydrogens is 490 g/mol. The van der Waals surface area contributed by atoms with Crippen LogP contribution in [-0.4, -0.2) is 28.6 Å². The van der Waals surface area contributed by atoms with Crippen LogP contribution in [0.5, 0.6) is 5.75 Å². The summed E-state index contributed by atoms with van der Waals surface area (Å²) in [7, 11) is 0. The van der Waals surface area contributed by atoms with Gasteiger partial charge in [-0.15, -0.1) is 0 Å². The van der Waals surface area contributed by atoms with Crippen LogP contribution in [0.4, 0.5) is 5.69 Å². The summed E-state index contributed by atoms with van der Waals surface area (Å²) in [5.74, 6) is 2.07. The van der Waals surface area contributed by atoms with Crippen molar-refractivity contribution >= 4 is 38.6 Å². The lowest BCUT2D eigenvalue weighted by molar-refractivity contribution is -0.117. The highest BCUT2D eigenvalue weighted by atomic mass is 79.9. The van der Waals surface area contributed by atoms with Crippen LogP contribution in [0.2, 0.25) is 0 Å². The van der Waals surface area contributed by atoms with Crippen molar-refractivity contribution in [3.8, 4) is 5.75 Å². The summed E-state index contributed by atoms with van der Waals surface area (Å²) in [5.41, 5.74) is 4.31. The molecular formula is C28H28BrN3O2. The van der Waals surface area contributed by atoms with E-state index in [4.69, 9.17) is 9.72 Å². The third-order valence-corrected chi connectivity index (χ3v) is 7.11. The van der Waals surface area contributed by atoms with Gasteiger partial charge in [0, 0.05) is 29.9 Å². The number of amides is 1. The summed E-state index contributed by atoms with van der Waals surface area (Å²) in [4.78, 5) is 19.8. The molecule has 0 bridgehead atoms. The number of anilines is 1. The Hall–Kier alpha value is -3.12. The van der Waals surface area contributed by atoms with Crippen LogP contribution >= 0.6 is 15.9 Å². The van der Waals surface area contributed by atoms with Crippen LogP contribution in [0.15, 0.2) is 77.3 Å². The lowest BCUT2D eigenvalue weighted by Gasteiger charge is -2.19. The molecule has 1 aliphatic heterocycles. The van der Waals surface area contributed by atoms with Crippen LogP contribution in [0.3, 0.4) is 0 Å². The average molecular weight is 518 g/mol. The van der Waals surface area contributed by atoms with Gasteiger partial charge in [-0.1, -0.05) is 43.3 Å². The van der Waals surface area contributed by atoms with Crippen molar-refractivity contribution in [2.75, 3.05) is 18.1 Å². The number of aromatic nitrogens is 2. The first-order chi connectivity index (χ1) is 16.6. The van der Waals surface area contributed by atoms with Crippen LogP contribution < -0.4 is 9.64 Å². The van der Waals surface area contributed by atoms with Gasteiger partial charge in [0.25, 0.3) is 0 Å². The molecule has 0 spiro atoms. The summed E-state index contributed by atoms with van der Waals surface area (Å²) in [6.45, 7) is 4.20. The summed E-state index contributed by atoms with van der Waals surface area (Å²) in [6.07, 6.45) is 2.35. The Kier molecular flexibility index (Phi) is 6.68. The van der Waals surface area contributed by atoms with Crippen molar-refractivity contribution in [1.82, 2.24) is 9.55 Å². The van der Waals surface area contributed by atoms with Crippen LogP contribution in [0, 0.1) is 0 Å². The number of rotatable bonds is 8. The molecule has 0 radical (unpaired) electrons. The van der Waals surface area contributed by atoms with E-state index in [9.17, 15) is 4.79 Å².